The first kappa shape index (κ1) is 14.6. The van der Waals surface area contributed by atoms with E-state index in [1.807, 2.05) is 0 Å². The highest BCUT2D eigenvalue weighted by atomic mass is 35.5. The lowest BCUT2D eigenvalue weighted by Crippen LogP contribution is -2.53. The maximum absolute atomic E-state index is 12.8. The first-order valence-electron chi connectivity index (χ1n) is 4.66. The van der Waals surface area contributed by atoms with Crippen LogP contribution < -0.4 is 5.73 Å². The Kier molecular flexibility index (Phi) is 4.49. The Bertz CT molecular complexity index is 236. The molecule has 0 aromatic heterocycles. The average molecular weight is 244 g/mol. The Labute approximate surface area is 93.4 Å². The van der Waals surface area contributed by atoms with Crippen molar-refractivity contribution in [1.29, 1.82) is 0 Å². The number of halogens is 3. The molecule has 1 aliphatic rings. The van der Waals surface area contributed by atoms with Gasteiger partial charge in [-0.2, -0.15) is 0 Å². The molecule has 90 valence electrons. The second-order valence-corrected chi connectivity index (χ2v) is 4.22. The summed E-state index contributed by atoms with van der Waals surface area (Å²) in [6, 6.07) is 0. The zero-order valence-electron chi connectivity index (χ0n) is 8.50. The molecular weight excluding hydrogens is 228 g/mol. The van der Waals surface area contributed by atoms with E-state index >= 15 is 0 Å². The number of nitrogens with two attached hydrogens (primary N) is 1. The summed E-state index contributed by atoms with van der Waals surface area (Å²) in [7, 11) is 0. The van der Waals surface area contributed by atoms with Gasteiger partial charge >= 0.3 is 5.97 Å². The number of carboxylic acid groups (broad SMARTS) is 1. The fourth-order valence-corrected chi connectivity index (χ4v) is 1.81. The molecule has 15 heavy (non-hydrogen) atoms. The van der Waals surface area contributed by atoms with Crippen molar-refractivity contribution in [3.63, 3.8) is 0 Å². The number of aliphatic carboxylic acids is 1. The summed E-state index contributed by atoms with van der Waals surface area (Å²) in [4.78, 5) is 10.8. The highest BCUT2D eigenvalue weighted by Gasteiger charge is 2.44. The van der Waals surface area contributed by atoms with Crippen LogP contribution >= 0.6 is 12.4 Å². The summed E-state index contributed by atoms with van der Waals surface area (Å²) >= 11 is 0. The topological polar surface area (TPSA) is 63.3 Å². The molecule has 0 aromatic carbocycles. The Morgan fingerprint density at radius 3 is 2.20 bits per heavy atom. The highest BCUT2D eigenvalue weighted by molar-refractivity contribution is 5.85. The first-order valence-corrected chi connectivity index (χ1v) is 4.66. The Hall–Kier alpha value is -0.420. The Morgan fingerprint density at radius 2 is 1.87 bits per heavy atom. The first-order chi connectivity index (χ1) is 6.26. The maximum Gasteiger partial charge on any atom is 0.323 e. The van der Waals surface area contributed by atoms with Gasteiger partial charge in [-0.1, -0.05) is 0 Å². The summed E-state index contributed by atoms with van der Waals surface area (Å²) < 4.78 is 25.6. The molecule has 0 unspecified atom stereocenters. The third-order valence-electron chi connectivity index (χ3n) is 3.03. The molecule has 0 spiro atoms. The van der Waals surface area contributed by atoms with Crippen molar-refractivity contribution in [1.82, 2.24) is 0 Å². The summed E-state index contributed by atoms with van der Waals surface area (Å²) in [6.45, 7) is 1.39. The van der Waals surface area contributed by atoms with Crippen molar-refractivity contribution >= 4 is 18.4 Å². The zero-order chi connectivity index (χ0) is 11.0. The van der Waals surface area contributed by atoms with Crippen molar-refractivity contribution in [2.75, 3.05) is 0 Å². The summed E-state index contributed by atoms with van der Waals surface area (Å²) in [5.41, 5.74) is 4.20. The van der Waals surface area contributed by atoms with E-state index in [1.54, 1.807) is 0 Å². The molecule has 0 radical (unpaired) electrons. The molecule has 1 atom stereocenters. The van der Waals surface area contributed by atoms with Crippen LogP contribution in [0, 0.1) is 5.92 Å². The smallest absolute Gasteiger partial charge is 0.323 e. The van der Waals surface area contributed by atoms with E-state index in [1.165, 1.54) is 6.92 Å². The van der Waals surface area contributed by atoms with Gasteiger partial charge in [-0.3, -0.25) is 4.79 Å². The van der Waals surface area contributed by atoms with Gasteiger partial charge in [0, 0.05) is 12.8 Å². The van der Waals surface area contributed by atoms with E-state index in [0.717, 1.165) is 0 Å². The molecule has 6 heteroatoms. The van der Waals surface area contributed by atoms with E-state index in [9.17, 15) is 13.6 Å². The summed E-state index contributed by atoms with van der Waals surface area (Å²) in [5, 5.41) is 8.81. The summed E-state index contributed by atoms with van der Waals surface area (Å²) in [5.74, 6) is -4.10. The van der Waals surface area contributed by atoms with Gasteiger partial charge in [0.05, 0.1) is 0 Å². The van der Waals surface area contributed by atoms with Crippen LogP contribution in [0.2, 0.25) is 0 Å². The molecule has 3 nitrogen and oxygen atoms in total. The molecule has 0 heterocycles. The van der Waals surface area contributed by atoms with Crippen LogP contribution in [0.1, 0.15) is 32.6 Å². The molecule has 1 fully saturated rings. The van der Waals surface area contributed by atoms with Gasteiger partial charge in [-0.25, -0.2) is 8.78 Å². The van der Waals surface area contributed by atoms with Crippen LogP contribution in [0.5, 0.6) is 0 Å². The van der Waals surface area contributed by atoms with Crippen molar-refractivity contribution in [3.05, 3.63) is 0 Å². The highest BCUT2D eigenvalue weighted by Crippen LogP contribution is 2.39. The standard InChI is InChI=1S/C9H15F2NO2.ClH/c1-8(12,7(13)14)6-2-4-9(10,11)5-3-6;/h6H,2-5,12H2,1H3,(H,13,14);1H/t8-;/m0./s1. The number of carboxylic acids is 1. The number of alkyl halides is 2. The second kappa shape index (κ2) is 4.61. The van der Waals surface area contributed by atoms with Crippen LogP contribution in [0.15, 0.2) is 0 Å². The van der Waals surface area contributed by atoms with E-state index < -0.39 is 17.4 Å². The molecule has 0 bridgehead atoms. The van der Waals surface area contributed by atoms with E-state index in [0.29, 0.717) is 0 Å². The minimum absolute atomic E-state index is 0. The molecule has 3 N–H and O–H groups in total. The van der Waals surface area contributed by atoms with Crippen molar-refractivity contribution in [2.45, 2.75) is 44.1 Å². The lowest BCUT2D eigenvalue weighted by Gasteiger charge is -2.35. The van der Waals surface area contributed by atoms with Gasteiger partial charge in [0.15, 0.2) is 0 Å². The van der Waals surface area contributed by atoms with Gasteiger partial charge in [0.1, 0.15) is 5.54 Å². The van der Waals surface area contributed by atoms with Gasteiger partial charge in [0.2, 0.25) is 5.92 Å². The number of rotatable bonds is 2. The van der Waals surface area contributed by atoms with Crippen LogP contribution in [0.25, 0.3) is 0 Å². The van der Waals surface area contributed by atoms with E-state index in [4.69, 9.17) is 10.8 Å². The summed E-state index contributed by atoms with van der Waals surface area (Å²) in [6.07, 6.45) is -0.131. The fourth-order valence-electron chi connectivity index (χ4n) is 1.81. The number of hydrogen-bond donors (Lipinski definition) is 2. The predicted molar refractivity (Wildman–Crippen MR) is 54.4 cm³/mol. The fraction of sp³-hybridized carbons (Fsp3) is 0.889. The molecule has 1 aliphatic carbocycles. The van der Waals surface area contributed by atoms with Crippen LogP contribution in [0.3, 0.4) is 0 Å². The molecule has 0 amide bonds. The predicted octanol–water partition coefficient (Wildman–Crippen LogP) is 2.04. The number of hydrogen-bond acceptors (Lipinski definition) is 2. The van der Waals surface area contributed by atoms with Gasteiger partial charge in [-0.15, -0.1) is 12.4 Å². The number of carbonyl (C=O) groups is 1. The molecule has 0 aliphatic heterocycles. The molecule has 1 rings (SSSR count). The molecular formula is C9H16ClF2NO2. The van der Waals surface area contributed by atoms with Crippen molar-refractivity contribution in [2.24, 2.45) is 11.7 Å². The quantitative estimate of drug-likeness (QED) is 0.780. The van der Waals surface area contributed by atoms with Crippen molar-refractivity contribution < 1.29 is 18.7 Å². The minimum atomic E-state index is -2.63. The third kappa shape index (κ3) is 3.28. The Balaban J connectivity index is 0.00000196. The largest absolute Gasteiger partial charge is 0.480 e. The SMILES string of the molecule is C[C@@](N)(C(=O)O)C1CCC(F)(F)CC1.Cl. The van der Waals surface area contributed by atoms with Crippen molar-refractivity contribution in [3.8, 4) is 0 Å². The molecule has 1 saturated carbocycles. The van der Waals surface area contributed by atoms with Crippen LogP contribution in [-0.4, -0.2) is 22.5 Å². The average Bonchev–Trinajstić information content (AvgIpc) is 2.03. The van der Waals surface area contributed by atoms with Crippen LogP contribution in [0.4, 0.5) is 8.78 Å². The lowest BCUT2D eigenvalue weighted by molar-refractivity contribution is -0.147. The molecule has 0 aromatic rings. The zero-order valence-corrected chi connectivity index (χ0v) is 9.32. The van der Waals surface area contributed by atoms with Gasteiger partial charge < -0.3 is 10.8 Å². The maximum atomic E-state index is 12.8. The normalized spacial score (nSPS) is 25.1. The lowest BCUT2D eigenvalue weighted by atomic mass is 9.75. The Morgan fingerprint density at radius 1 is 1.47 bits per heavy atom. The second-order valence-electron chi connectivity index (χ2n) is 4.22. The van der Waals surface area contributed by atoms with Gasteiger partial charge in [-0.05, 0) is 25.7 Å². The van der Waals surface area contributed by atoms with E-state index in [2.05, 4.69) is 0 Å². The monoisotopic (exact) mass is 243 g/mol. The minimum Gasteiger partial charge on any atom is -0.480 e. The van der Waals surface area contributed by atoms with Gasteiger partial charge in [0.25, 0.3) is 0 Å². The third-order valence-corrected chi connectivity index (χ3v) is 3.03. The van der Waals surface area contributed by atoms with E-state index in [-0.39, 0.29) is 44.0 Å². The molecule has 0 saturated heterocycles. The van der Waals surface area contributed by atoms with Crippen LogP contribution in [-0.2, 0) is 4.79 Å².